The van der Waals surface area contributed by atoms with E-state index in [4.69, 9.17) is 15.3 Å². The Morgan fingerprint density at radius 3 is 2.34 bits per heavy atom. The summed E-state index contributed by atoms with van der Waals surface area (Å²) < 4.78 is 6.16. The fourth-order valence-electron chi connectivity index (χ4n) is 11.7. The van der Waals surface area contributed by atoms with Gasteiger partial charge in [0.15, 0.2) is 5.78 Å². The van der Waals surface area contributed by atoms with Crippen molar-refractivity contribution in [3.63, 3.8) is 0 Å². The smallest absolute Gasteiger partial charge is 0.307 e. The van der Waals surface area contributed by atoms with Crippen LogP contribution in [0.3, 0.4) is 0 Å². The number of rotatable bonds is 8. The maximum Gasteiger partial charge on any atom is 0.307 e. The van der Waals surface area contributed by atoms with Gasteiger partial charge in [0.2, 0.25) is 5.84 Å². The third-order valence-electron chi connectivity index (χ3n) is 13.6. The number of hydrogen-bond acceptors (Lipinski definition) is 7. The van der Waals surface area contributed by atoms with Gasteiger partial charge < -0.3 is 25.4 Å². The van der Waals surface area contributed by atoms with E-state index in [9.17, 15) is 19.2 Å². The molecule has 8 atom stereocenters. The predicted octanol–water partition coefficient (Wildman–Crippen LogP) is 6.28. The number of amidine groups is 1. The quantitative estimate of drug-likeness (QED) is 0.103. The molecule has 0 aliphatic heterocycles. The topological polar surface area (TPSA) is 137 Å². The second kappa shape index (κ2) is 12.3. The van der Waals surface area contributed by atoms with Crippen LogP contribution in [-0.4, -0.2) is 48.0 Å². The van der Waals surface area contributed by atoms with E-state index >= 15 is 0 Å². The SMILES string of the molecule is CCO/N=C(\N)C(=O)NC12CCC3C(CCC4C3(C)CCC3C(C)(C)C(OC(=O)CC(C)(C)C=O)CCC34C)C1=C(C(C)C)C(=O)C2. The summed E-state index contributed by atoms with van der Waals surface area (Å²) in [6.07, 6.45) is 8.75. The first-order chi connectivity index (χ1) is 21.9. The molecule has 0 aromatic carbocycles. The van der Waals surface area contributed by atoms with Crippen LogP contribution >= 0.6 is 0 Å². The molecule has 0 saturated heterocycles. The van der Waals surface area contributed by atoms with E-state index in [1.807, 2.05) is 0 Å². The van der Waals surface area contributed by atoms with E-state index in [1.54, 1.807) is 20.8 Å². The lowest BCUT2D eigenvalue weighted by Crippen LogP contribution is -2.64. The number of ether oxygens (including phenoxy) is 1. The molecular formula is C38H59N3O6. The summed E-state index contributed by atoms with van der Waals surface area (Å²) in [6.45, 7) is 19.4. The van der Waals surface area contributed by atoms with E-state index in [-0.39, 0.29) is 64.6 Å². The molecule has 262 valence electrons. The molecule has 0 bridgehead atoms. The van der Waals surface area contributed by atoms with Crippen molar-refractivity contribution >= 4 is 29.8 Å². The number of hydrogen-bond donors (Lipinski definition) is 2. The molecule has 9 nitrogen and oxygen atoms in total. The molecule has 8 unspecified atom stereocenters. The van der Waals surface area contributed by atoms with Crippen molar-refractivity contribution in [2.24, 2.45) is 62.1 Å². The molecule has 9 heteroatoms. The van der Waals surface area contributed by atoms with Crippen LogP contribution in [0.25, 0.3) is 0 Å². The first-order valence-corrected chi connectivity index (χ1v) is 18.1. The first kappa shape index (κ1) is 35.6. The van der Waals surface area contributed by atoms with Crippen molar-refractivity contribution in [2.45, 2.75) is 138 Å². The number of ketones is 1. The van der Waals surface area contributed by atoms with Crippen LogP contribution in [-0.2, 0) is 28.8 Å². The molecule has 0 radical (unpaired) electrons. The maximum absolute atomic E-state index is 13.7. The average Bonchev–Trinajstić information content (AvgIpc) is 3.28. The van der Waals surface area contributed by atoms with Gasteiger partial charge >= 0.3 is 5.97 Å². The molecule has 4 saturated carbocycles. The van der Waals surface area contributed by atoms with Crippen molar-refractivity contribution in [1.82, 2.24) is 5.32 Å². The number of aldehydes is 1. The Kier molecular flexibility index (Phi) is 9.33. The Balaban J connectivity index is 1.42. The maximum atomic E-state index is 13.7. The van der Waals surface area contributed by atoms with Crippen molar-refractivity contribution in [3.05, 3.63) is 11.1 Å². The van der Waals surface area contributed by atoms with Crippen LogP contribution < -0.4 is 11.1 Å². The van der Waals surface area contributed by atoms with Gasteiger partial charge in [0.1, 0.15) is 19.0 Å². The molecule has 5 aliphatic carbocycles. The number of nitrogens with zero attached hydrogens (tertiary/aromatic N) is 1. The van der Waals surface area contributed by atoms with Gasteiger partial charge in [0.25, 0.3) is 5.91 Å². The van der Waals surface area contributed by atoms with Gasteiger partial charge in [-0.3, -0.25) is 14.4 Å². The molecular weight excluding hydrogens is 594 g/mol. The summed E-state index contributed by atoms with van der Waals surface area (Å²) in [5, 5.41) is 7.00. The predicted molar refractivity (Wildman–Crippen MR) is 181 cm³/mol. The number of oxime groups is 1. The fourth-order valence-corrected chi connectivity index (χ4v) is 11.7. The number of fused-ring (bicyclic) bond motifs is 7. The summed E-state index contributed by atoms with van der Waals surface area (Å²) in [6, 6.07) is 0. The summed E-state index contributed by atoms with van der Waals surface area (Å²) in [4.78, 5) is 56.5. The zero-order valence-electron chi connectivity index (χ0n) is 30.3. The van der Waals surface area contributed by atoms with Crippen molar-refractivity contribution in [3.8, 4) is 0 Å². The molecule has 5 aliphatic rings. The highest BCUT2D eigenvalue weighted by Crippen LogP contribution is 2.72. The molecule has 0 aromatic heterocycles. The average molecular weight is 654 g/mol. The van der Waals surface area contributed by atoms with Crippen LogP contribution in [0.1, 0.15) is 127 Å². The number of carbonyl (C=O) groups excluding carboxylic acids is 4. The molecule has 1 amide bonds. The van der Waals surface area contributed by atoms with Gasteiger partial charge in [0, 0.05) is 17.3 Å². The van der Waals surface area contributed by atoms with Gasteiger partial charge in [0.05, 0.1) is 12.0 Å². The lowest BCUT2D eigenvalue weighted by Gasteiger charge is -2.68. The van der Waals surface area contributed by atoms with Gasteiger partial charge in [-0.05, 0) is 110 Å². The zero-order chi connectivity index (χ0) is 34.7. The van der Waals surface area contributed by atoms with Crippen LogP contribution in [0.2, 0.25) is 0 Å². The normalized spacial score (nSPS) is 38.1. The Hall–Kier alpha value is -2.71. The van der Waals surface area contributed by atoms with Crippen molar-refractivity contribution < 1.29 is 28.8 Å². The monoisotopic (exact) mass is 653 g/mol. The highest BCUT2D eigenvalue weighted by atomic mass is 16.6. The van der Waals surface area contributed by atoms with Gasteiger partial charge in [-0.25, -0.2) is 0 Å². The Morgan fingerprint density at radius 1 is 1.02 bits per heavy atom. The van der Waals surface area contributed by atoms with E-state index in [0.717, 1.165) is 62.4 Å². The molecule has 47 heavy (non-hydrogen) atoms. The molecule has 0 aromatic rings. The molecule has 3 N–H and O–H groups in total. The molecule has 0 spiro atoms. The van der Waals surface area contributed by atoms with Gasteiger partial charge in [-0.15, -0.1) is 0 Å². The Morgan fingerprint density at radius 2 is 1.70 bits per heavy atom. The zero-order valence-corrected chi connectivity index (χ0v) is 30.3. The number of nitrogens with one attached hydrogen (secondary N) is 1. The molecule has 5 rings (SSSR count). The second-order valence-electron chi connectivity index (χ2n) is 17.6. The van der Waals surface area contributed by atoms with Crippen molar-refractivity contribution in [2.75, 3.05) is 6.61 Å². The summed E-state index contributed by atoms with van der Waals surface area (Å²) in [5.74, 6) is 0.794. The van der Waals surface area contributed by atoms with E-state index < -0.39 is 16.9 Å². The number of allylic oxidation sites excluding steroid dienone is 1. The number of amides is 1. The van der Waals surface area contributed by atoms with Crippen LogP contribution in [0, 0.1) is 51.2 Å². The largest absolute Gasteiger partial charge is 0.462 e. The number of nitrogens with two attached hydrogens (primary N) is 1. The summed E-state index contributed by atoms with van der Waals surface area (Å²) in [7, 11) is 0. The van der Waals surface area contributed by atoms with Crippen molar-refractivity contribution in [1.29, 1.82) is 0 Å². The second-order valence-corrected chi connectivity index (χ2v) is 17.6. The lowest BCUT2D eigenvalue weighted by molar-refractivity contribution is -0.213. The Bertz CT molecular complexity index is 1360. The number of carbonyl (C=O) groups is 4. The third-order valence-corrected chi connectivity index (χ3v) is 13.6. The van der Waals surface area contributed by atoms with E-state index in [2.05, 4.69) is 52.0 Å². The summed E-state index contributed by atoms with van der Waals surface area (Å²) >= 11 is 0. The minimum atomic E-state index is -0.728. The van der Waals surface area contributed by atoms with E-state index in [1.165, 1.54) is 0 Å². The highest BCUT2D eigenvalue weighted by molar-refractivity contribution is 6.37. The number of Topliss-reactive ketones (excluding diaryl/α,β-unsaturated/α-hetero) is 1. The third kappa shape index (κ3) is 5.85. The summed E-state index contributed by atoms with van der Waals surface area (Å²) in [5.41, 5.74) is 6.62. The first-order valence-electron chi connectivity index (χ1n) is 18.1. The number of esters is 1. The fraction of sp³-hybridized carbons (Fsp3) is 0.816. The standard InChI is InChI=1S/C38H59N3O6/c1-10-46-41-32(39)33(45)40-38-18-13-24-23(31(38)30(22(2)3)25(43)19-38)11-12-27-36(24,8)16-14-26-35(6,7)28(15-17-37(26,27)9)47-29(44)20-34(4,5)21-42/h21-24,26-28H,10-20H2,1-9H3,(H2,39,41)(H,40,45). The molecule has 0 heterocycles. The molecule has 4 fully saturated rings. The Labute approximate surface area is 281 Å². The highest BCUT2D eigenvalue weighted by Gasteiger charge is 2.67. The minimum Gasteiger partial charge on any atom is -0.462 e. The van der Waals surface area contributed by atoms with Crippen LogP contribution in [0.5, 0.6) is 0 Å². The van der Waals surface area contributed by atoms with Crippen LogP contribution in [0.15, 0.2) is 16.3 Å². The minimum absolute atomic E-state index is 0.0687. The lowest BCUT2D eigenvalue weighted by atomic mass is 9.37. The van der Waals surface area contributed by atoms with E-state index in [0.29, 0.717) is 30.8 Å². The van der Waals surface area contributed by atoms with Gasteiger partial charge in [-0.2, -0.15) is 0 Å². The van der Waals surface area contributed by atoms with Crippen LogP contribution in [0.4, 0.5) is 0 Å². The van der Waals surface area contributed by atoms with Gasteiger partial charge in [-0.1, -0.05) is 60.5 Å².